The fraction of sp³-hybridized carbons (Fsp3) is 0.833. The molecule has 2 N–H and O–H groups in total. The summed E-state index contributed by atoms with van der Waals surface area (Å²) in [7, 11) is 0. The van der Waals surface area contributed by atoms with E-state index in [1.54, 1.807) is 11.8 Å². The summed E-state index contributed by atoms with van der Waals surface area (Å²) < 4.78 is 0. The lowest BCUT2D eigenvalue weighted by atomic mass is 9.98. The van der Waals surface area contributed by atoms with Gasteiger partial charge in [-0.25, -0.2) is 4.79 Å². The summed E-state index contributed by atoms with van der Waals surface area (Å²) in [5, 5.41) is 11.9. The van der Waals surface area contributed by atoms with E-state index in [9.17, 15) is 14.7 Å². The summed E-state index contributed by atoms with van der Waals surface area (Å²) in [6, 6.07) is 0. The minimum atomic E-state index is -0.984. The third-order valence-corrected chi connectivity index (χ3v) is 4.16. The monoisotopic (exact) mass is 259 g/mol. The highest BCUT2D eigenvalue weighted by Gasteiger charge is 2.42. The largest absolute Gasteiger partial charge is 0.480 e. The molecule has 1 amide bonds. The van der Waals surface area contributed by atoms with E-state index in [0.29, 0.717) is 18.6 Å². The van der Waals surface area contributed by atoms with Crippen molar-refractivity contribution in [2.75, 3.05) is 11.5 Å². The zero-order valence-electron chi connectivity index (χ0n) is 10.3. The van der Waals surface area contributed by atoms with Crippen LogP contribution in [0, 0.1) is 0 Å². The SMILES string of the molecule is CCCCSCC(=O)NC1(C(=O)O)CCCC1. The number of carbonyl (C=O) groups excluding carboxylic acids is 1. The first-order chi connectivity index (χ1) is 8.10. The van der Waals surface area contributed by atoms with Gasteiger partial charge in [0.05, 0.1) is 5.75 Å². The number of carboxylic acids is 1. The number of thioether (sulfide) groups is 1. The van der Waals surface area contributed by atoms with Crippen molar-refractivity contribution in [2.24, 2.45) is 0 Å². The second-order valence-corrected chi connectivity index (χ2v) is 5.65. The fourth-order valence-corrected chi connectivity index (χ4v) is 2.98. The first-order valence-corrected chi connectivity index (χ1v) is 7.38. The van der Waals surface area contributed by atoms with E-state index in [1.807, 2.05) is 0 Å². The van der Waals surface area contributed by atoms with Crippen LogP contribution >= 0.6 is 11.8 Å². The molecule has 1 saturated carbocycles. The van der Waals surface area contributed by atoms with Crippen molar-refractivity contribution >= 4 is 23.6 Å². The number of carbonyl (C=O) groups is 2. The minimum absolute atomic E-state index is 0.143. The quantitative estimate of drug-likeness (QED) is 0.687. The van der Waals surface area contributed by atoms with Crippen molar-refractivity contribution in [3.63, 3.8) is 0 Å². The molecule has 0 aromatic heterocycles. The highest BCUT2D eigenvalue weighted by molar-refractivity contribution is 7.99. The molecular weight excluding hydrogens is 238 g/mol. The molecule has 0 radical (unpaired) electrons. The number of amides is 1. The Morgan fingerprint density at radius 3 is 2.53 bits per heavy atom. The summed E-state index contributed by atoms with van der Waals surface area (Å²) >= 11 is 1.57. The number of aliphatic carboxylic acids is 1. The predicted octanol–water partition coefficient (Wildman–Crippen LogP) is 2.03. The predicted molar refractivity (Wildman–Crippen MR) is 69.2 cm³/mol. The summed E-state index contributed by atoms with van der Waals surface area (Å²) in [4.78, 5) is 22.9. The van der Waals surface area contributed by atoms with Crippen molar-refractivity contribution < 1.29 is 14.7 Å². The maximum Gasteiger partial charge on any atom is 0.329 e. The zero-order valence-corrected chi connectivity index (χ0v) is 11.1. The van der Waals surface area contributed by atoms with Gasteiger partial charge in [-0.05, 0) is 25.0 Å². The Kier molecular flexibility index (Phi) is 5.82. The van der Waals surface area contributed by atoms with Gasteiger partial charge < -0.3 is 10.4 Å². The molecule has 0 heterocycles. The Balaban J connectivity index is 2.35. The van der Waals surface area contributed by atoms with Crippen LogP contribution in [0.1, 0.15) is 45.4 Å². The topological polar surface area (TPSA) is 66.4 Å². The molecule has 0 atom stereocenters. The molecule has 0 unspecified atom stereocenters. The Hall–Kier alpha value is -0.710. The van der Waals surface area contributed by atoms with Gasteiger partial charge in [0.1, 0.15) is 5.54 Å². The molecule has 0 aromatic rings. The maximum absolute atomic E-state index is 11.7. The van der Waals surface area contributed by atoms with Crippen LogP contribution in [0.2, 0.25) is 0 Å². The normalized spacial score (nSPS) is 17.9. The summed E-state index contributed by atoms with van der Waals surface area (Å²) in [5.41, 5.74) is -0.984. The van der Waals surface area contributed by atoms with Gasteiger partial charge in [-0.3, -0.25) is 4.79 Å². The van der Waals surface area contributed by atoms with E-state index >= 15 is 0 Å². The molecule has 1 rings (SSSR count). The molecule has 4 nitrogen and oxygen atoms in total. The number of carboxylic acid groups (broad SMARTS) is 1. The molecule has 98 valence electrons. The molecule has 1 aliphatic carbocycles. The summed E-state index contributed by atoms with van der Waals surface area (Å²) in [5.74, 6) is 0.302. The van der Waals surface area contributed by atoms with Crippen molar-refractivity contribution in [1.29, 1.82) is 0 Å². The van der Waals surface area contributed by atoms with E-state index in [-0.39, 0.29) is 5.91 Å². The van der Waals surface area contributed by atoms with E-state index in [0.717, 1.165) is 31.4 Å². The van der Waals surface area contributed by atoms with Crippen LogP contribution in [0.3, 0.4) is 0 Å². The number of hydrogen-bond donors (Lipinski definition) is 2. The van der Waals surface area contributed by atoms with E-state index < -0.39 is 11.5 Å². The van der Waals surface area contributed by atoms with Crippen LogP contribution in [0.15, 0.2) is 0 Å². The first-order valence-electron chi connectivity index (χ1n) is 6.23. The van der Waals surface area contributed by atoms with Gasteiger partial charge in [0.15, 0.2) is 0 Å². The van der Waals surface area contributed by atoms with Crippen LogP contribution in [0.4, 0.5) is 0 Å². The number of nitrogens with one attached hydrogen (secondary N) is 1. The van der Waals surface area contributed by atoms with Gasteiger partial charge in [0.2, 0.25) is 5.91 Å². The van der Waals surface area contributed by atoms with Gasteiger partial charge in [-0.15, -0.1) is 0 Å². The average Bonchev–Trinajstić information content (AvgIpc) is 2.74. The Bertz CT molecular complexity index is 275. The van der Waals surface area contributed by atoms with Gasteiger partial charge >= 0.3 is 5.97 Å². The lowest BCUT2D eigenvalue weighted by Crippen LogP contribution is -2.53. The molecular formula is C12H21NO3S. The van der Waals surface area contributed by atoms with Gasteiger partial charge in [-0.1, -0.05) is 26.2 Å². The van der Waals surface area contributed by atoms with Crippen LogP contribution in [0.25, 0.3) is 0 Å². The van der Waals surface area contributed by atoms with Crippen LogP contribution in [-0.4, -0.2) is 34.0 Å². The molecule has 1 fully saturated rings. The third kappa shape index (κ3) is 4.22. The zero-order chi connectivity index (χ0) is 12.7. The first kappa shape index (κ1) is 14.4. The molecule has 0 aromatic carbocycles. The van der Waals surface area contributed by atoms with E-state index in [1.165, 1.54) is 0 Å². The lowest BCUT2D eigenvalue weighted by Gasteiger charge is -2.25. The van der Waals surface area contributed by atoms with Crippen LogP contribution in [0.5, 0.6) is 0 Å². The molecule has 0 aliphatic heterocycles. The van der Waals surface area contributed by atoms with Crippen LogP contribution in [-0.2, 0) is 9.59 Å². The van der Waals surface area contributed by atoms with Crippen molar-refractivity contribution in [3.05, 3.63) is 0 Å². The van der Waals surface area contributed by atoms with E-state index in [2.05, 4.69) is 12.2 Å². The highest BCUT2D eigenvalue weighted by atomic mass is 32.2. The maximum atomic E-state index is 11.7. The van der Waals surface area contributed by atoms with Crippen molar-refractivity contribution in [2.45, 2.75) is 51.0 Å². The molecule has 5 heteroatoms. The molecule has 1 aliphatic rings. The fourth-order valence-electron chi connectivity index (χ4n) is 2.09. The van der Waals surface area contributed by atoms with Gasteiger partial charge in [0, 0.05) is 0 Å². The van der Waals surface area contributed by atoms with Crippen molar-refractivity contribution in [1.82, 2.24) is 5.32 Å². The van der Waals surface area contributed by atoms with Crippen LogP contribution < -0.4 is 5.32 Å². The number of unbranched alkanes of at least 4 members (excludes halogenated alkanes) is 1. The minimum Gasteiger partial charge on any atom is -0.480 e. The standard InChI is InChI=1S/C12H21NO3S/c1-2-3-8-17-9-10(14)13-12(11(15)16)6-4-5-7-12/h2-9H2,1H3,(H,13,14)(H,15,16). The Labute approximate surface area is 107 Å². The number of hydrogen-bond acceptors (Lipinski definition) is 3. The Morgan fingerprint density at radius 2 is 2.00 bits per heavy atom. The van der Waals surface area contributed by atoms with E-state index in [4.69, 9.17) is 0 Å². The number of rotatable bonds is 7. The summed E-state index contributed by atoms with van der Waals surface area (Å²) in [6.07, 6.45) is 5.11. The molecule has 0 saturated heterocycles. The second-order valence-electron chi connectivity index (χ2n) is 4.55. The summed E-state index contributed by atoms with van der Waals surface area (Å²) in [6.45, 7) is 2.11. The Morgan fingerprint density at radius 1 is 1.35 bits per heavy atom. The third-order valence-electron chi connectivity index (χ3n) is 3.12. The van der Waals surface area contributed by atoms with Gasteiger partial charge in [0.25, 0.3) is 0 Å². The lowest BCUT2D eigenvalue weighted by molar-refractivity contribution is -0.147. The molecule has 0 bridgehead atoms. The highest BCUT2D eigenvalue weighted by Crippen LogP contribution is 2.29. The average molecular weight is 259 g/mol. The van der Waals surface area contributed by atoms with Crippen molar-refractivity contribution in [3.8, 4) is 0 Å². The molecule has 17 heavy (non-hydrogen) atoms. The second kappa shape index (κ2) is 6.89. The smallest absolute Gasteiger partial charge is 0.329 e. The van der Waals surface area contributed by atoms with Gasteiger partial charge in [-0.2, -0.15) is 11.8 Å². The molecule has 0 spiro atoms.